The maximum Gasteiger partial charge on any atom is 0.161 e. The van der Waals surface area contributed by atoms with Gasteiger partial charge in [-0.25, -0.2) is 0 Å². The SMILES string of the molecule is CNCC(O)c1cc(OC)c(O)cc1OC. The monoisotopic (exact) mass is 227 g/mol. The number of methoxy groups -OCH3 is 2. The van der Waals surface area contributed by atoms with Crippen molar-refractivity contribution in [3.05, 3.63) is 17.7 Å². The molecule has 0 spiro atoms. The zero-order valence-corrected chi connectivity index (χ0v) is 9.65. The first-order valence-electron chi connectivity index (χ1n) is 4.91. The van der Waals surface area contributed by atoms with E-state index in [2.05, 4.69) is 5.32 Å². The molecular formula is C11H17NO4. The van der Waals surface area contributed by atoms with Crippen molar-refractivity contribution in [3.63, 3.8) is 0 Å². The lowest BCUT2D eigenvalue weighted by Crippen LogP contribution is -2.17. The van der Waals surface area contributed by atoms with Crippen LogP contribution in [0.1, 0.15) is 11.7 Å². The molecule has 0 aliphatic carbocycles. The van der Waals surface area contributed by atoms with Crippen molar-refractivity contribution in [1.29, 1.82) is 0 Å². The van der Waals surface area contributed by atoms with Gasteiger partial charge in [0.25, 0.3) is 0 Å². The van der Waals surface area contributed by atoms with Crippen molar-refractivity contribution < 1.29 is 19.7 Å². The lowest BCUT2D eigenvalue weighted by Gasteiger charge is -2.16. The Hall–Kier alpha value is -1.46. The number of hydrogen-bond donors (Lipinski definition) is 3. The molecule has 3 N–H and O–H groups in total. The minimum atomic E-state index is -0.713. The molecule has 0 bridgehead atoms. The van der Waals surface area contributed by atoms with Gasteiger partial charge in [-0.1, -0.05) is 0 Å². The lowest BCUT2D eigenvalue weighted by atomic mass is 10.1. The van der Waals surface area contributed by atoms with Crippen molar-refractivity contribution in [2.45, 2.75) is 6.10 Å². The Morgan fingerprint density at radius 2 is 1.88 bits per heavy atom. The number of aromatic hydroxyl groups is 1. The molecule has 0 aromatic heterocycles. The first-order valence-corrected chi connectivity index (χ1v) is 4.91. The molecule has 90 valence electrons. The van der Waals surface area contributed by atoms with Crippen LogP contribution in [0, 0.1) is 0 Å². The Balaban J connectivity index is 3.13. The number of hydrogen-bond acceptors (Lipinski definition) is 5. The summed E-state index contributed by atoms with van der Waals surface area (Å²) < 4.78 is 10.1. The first-order chi connectivity index (χ1) is 7.63. The summed E-state index contributed by atoms with van der Waals surface area (Å²) in [6.45, 7) is 0.393. The second kappa shape index (κ2) is 5.58. The molecule has 16 heavy (non-hydrogen) atoms. The Morgan fingerprint density at radius 3 is 2.38 bits per heavy atom. The molecule has 1 rings (SSSR count). The van der Waals surface area contributed by atoms with Gasteiger partial charge in [0.15, 0.2) is 11.5 Å². The van der Waals surface area contributed by atoms with Crippen molar-refractivity contribution in [3.8, 4) is 17.2 Å². The number of nitrogens with one attached hydrogen (secondary N) is 1. The summed E-state index contributed by atoms with van der Waals surface area (Å²) in [6, 6.07) is 2.99. The third kappa shape index (κ3) is 2.56. The molecule has 5 nitrogen and oxygen atoms in total. The van der Waals surface area contributed by atoms with E-state index in [1.807, 2.05) is 0 Å². The van der Waals surface area contributed by atoms with Gasteiger partial charge in [-0.3, -0.25) is 0 Å². The van der Waals surface area contributed by atoms with Crippen molar-refractivity contribution in [2.75, 3.05) is 27.8 Å². The van der Waals surface area contributed by atoms with E-state index in [9.17, 15) is 10.2 Å². The molecule has 0 fully saturated rings. The highest BCUT2D eigenvalue weighted by atomic mass is 16.5. The lowest BCUT2D eigenvalue weighted by molar-refractivity contribution is 0.172. The fraction of sp³-hybridized carbons (Fsp3) is 0.455. The van der Waals surface area contributed by atoms with Crippen LogP contribution in [-0.4, -0.2) is 38.0 Å². The predicted octanol–water partition coefficient (Wildman–Crippen LogP) is 0.662. The highest BCUT2D eigenvalue weighted by Gasteiger charge is 2.16. The zero-order valence-electron chi connectivity index (χ0n) is 9.65. The number of likely N-dealkylation sites (N-methyl/N-ethyl adjacent to an activating group) is 1. The molecule has 1 atom stereocenters. The maximum absolute atomic E-state index is 9.86. The van der Waals surface area contributed by atoms with E-state index in [1.165, 1.54) is 20.3 Å². The fourth-order valence-electron chi connectivity index (χ4n) is 1.47. The highest BCUT2D eigenvalue weighted by Crippen LogP contribution is 2.36. The van der Waals surface area contributed by atoms with E-state index in [1.54, 1.807) is 13.1 Å². The summed E-state index contributed by atoms with van der Waals surface area (Å²) in [6.07, 6.45) is -0.713. The number of phenols is 1. The molecule has 0 radical (unpaired) electrons. The van der Waals surface area contributed by atoms with Gasteiger partial charge in [-0.2, -0.15) is 0 Å². The Morgan fingerprint density at radius 1 is 1.25 bits per heavy atom. The van der Waals surface area contributed by atoms with Gasteiger partial charge in [-0.05, 0) is 13.1 Å². The van der Waals surface area contributed by atoms with Gasteiger partial charge in [0.1, 0.15) is 5.75 Å². The molecule has 0 aliphatic heterocycles. The molecule has 0 heterocycles. The Bertz CT molecular complexity index is 354. The number of benzene rings is 1. The van der Waals surface area contributed by atoms with Crippen molar-refractivity contribution >= 4 is 0 Å². The van der Waals surface area contributed by atoms with Crippen molar-refractivity contribution in [1.82, 2.24) is 5.32 Å². The Labute approximate surface area is 94.6 Å². The van der Waals surface area contributed by atoms with Crippen LogP contribution >= 0.6 is 0 Å². The predicted molar refractivity (Wildman–Crippen MR) is 60.1 cm³/mol. The summed E-state index contributed by atoms with van der Waals surface area (Å²) >= 11 is 0. The van der Waals surface area contributed by atoms with E-state index in [4.69, 9.17) is 9.47 Å². The standard InChI is InChI=1S/C11H17NO4/c1-12-6-9(14)7-4-11(16-3)8(13)5-10(7)15-2/h4-5,9,12-14H,6H2,1-3H3. The van der Waals surface area contributed by atoms with Gasteiger partial charge < -0.3 is 25.0 Å². The van der Waals surface area contributed by atoms with Crippen LogP contribution in [0.3, 0.4) is 0 Å². The van der Waals surface area contributed by atoms with Crippen molar-refractivity contribution in [2.24, 2.45) is 0 Å². The average molecular weight is 227 g/mol. The third-order valence-corrected chi connectivity index (χ3v) is 2.29. The number of ether oxygens (including phenoxy) is 2. The summed E-state index contributed by atoms with van der Waals surface area (Å²) in [7, 11) is 4.68. The molecular weight excluding hydrogens is 210 g/mol. The second-order valence-electron chi connectivity index (χ2n) is 3.34. The van der Waals surface area contributed by atoms with E-state index >= 15 is 0 Å². The van der Waals surface area contributed by atoms with E-state index < -0.39 is 6.10 Å². The molecule has 1 aromatic rings. The van der Waals surface area contributed by atoms with Crippen LogP contribution in [0.25, 0.3) is 0 Å². The Kier molecular flexibility index (Phi) is 4.39. The smallest absolute Gasteiger partial charge is 0.161 e. The van der Waals surface area contributed by atoms with E-state index in [-0.39, 0.29) is 5.75 Å². The third-order valence-electron chi connectivity index (χ3n) is 2.29. The van der Waals surface area contributed by atoms with Crippen LogP contribution in [0.5, 0.6) is 17.2 Å². The minimum absolute atomic E-state index is 0.0141. The fourth-order valence-corrected chi connectivity index (χ4v) is 1.47. The van der Waals surface area contributed by atoms with Gasteiger partial charge in [0.05, 0.1) is 20.3 Å². The van der Waals surface area contributed by atoms with E-state index in [0.717, 1.165) is 0 Å². The van der Waals surface area contributed by atoms with Crippen LogP contribution in [0.2, 0.25) is 0 Å². The van der Waals surface area contributed by atoms with Crippen LogP contribution in [0.4, 0.5) is 0 Å². The molecule has 0 amide bonds. The number of rotatable bonds is 5. The summed E-state index contributed by atoms with van der Waals surface area (Å²) in [5.74, 6) is 0.728. The molecule has 0 saturated heterocycles. The first kappa shape index (κ1) is 12.6. The average Bonchev–Trinajstić information content (AvgIpc) is 2.28. The molecule has 5 heteroatoms. The largest absolute Gasteiger partial charge is 0.504 e. The number of phenolic OH excluding ortho intramolecular Hbond substituents is 1. The number of aliphatic hydroxyl groups excluding tert-OH is 1. The van der Waals surface area contributed by atoms with Gasteiger partial charge in [0.2, 0.25) is 0 Å². The molecule has 0 aliphatic rings. The van der Waals surface area contributed by atoms with Gasteiger partial charge >= 0.3 is 0 Å². The maximum atomic E-state index is 9.86. The molecule has 1 aromatic carbocycles. The van der Waals surface area contributed by atoms with Crippen LogP contribution in [-0.2, 0) is 0 Å². The topological polar surface area (TPSA) is 71.0 Å². The minimum Gasteiger partial charge on any atom is -0.504 e. The second-order valence-corrected chi connectivity index (χ2v) is 3.34. The van der Waals surface area contributed by atoms with Gasteiger partial charge in [-0.15, -0.1) is 0 Å². The molecule has 1 unspecified atom stereocenters. The number of aliphatic hydroxyl groups is 1. The quantitative estimate of drug-likeness (QED) is 0.689. The van der Waals surface area contributed by atoms with Crippen LogP contribution in [0.15, 0.2) is 12.1 Å². The summed E-state index contributed by atoms with van der Waals surface area (Å²) in [5.41, 5.74) is 0.575. The normalized spacial score (nSPS) is 12.2. The van der Waals surface area contributed by atoms with Gasteiger partial charge in [0, 0.05) is 18.2 Å². The summed E-state index contributed by atoms with van der Waals surface area (Å²) in [5, 5.41) is 22.3. The molecule has 0 saturated carbocycles. The highest BCUT2D eigenvalue weighted by molar-refractivity contribution is 5.50. The summed E-state index contributed by atoms with van der Waals surface area (Å²) in [4.78, 5) is 0. The zero-order chi connectivity index (χ0) is 12.1. The van der Waals surface area contributed by atoms with Crippen LogP contribution < -0.4 is 14.8 Å². The van der Waals surface area contributed by atoms with E-state index in [0.29, 0.717) is 23.6 Å².